The minimum Gasteiger partial charge on any atom is -0.388 e. The monoisotopic (exact) mass is 328 g/mol. The van der Waals surface area contributed by atoms with Crippen molar-refractivity contribution in [2.75, 3.05) is 0 Å². The van der Waals surface area contributed by atoms with Gasteiger partial charge in [-0.25, -0.2) is 0 Å². The molecule has 96 valence electrons. The second kappa shape index (κ2) is 6.00. The minimum atomic E-state index is -0.677. The predicted molar refractivity (Wildman–Crippen MR) is 75.4 cm³/mol. The molecule has 0 bridgehead atoms. The predicted octanol–water partition coefficient (Wildman–Crippen LogP) is 3.97. The number of aliphatic hydroxyl groups excluding tert-OH is 1. The molecule has 1 aromatic rings. The van der Waals surface area contributed by atoms with Crippen LogP contribution in [0.15, 0.2) is 39.3 Å². The molecule has 0 heterocycles. The lowest BCUT2D eigenvalue weighted by Gasteiger charge is -2.28. The van der Waals surface area contributed by atoms with Crippen LogP contribution in [0.2, 0.25) is 0 Å². The summed E-state index contributed by atoms with van der Waals surface area (Å²) in [6.07, 6.45) is 2.53. The van der Waals surface area contributed by atoms with Gasteiger partial charge >= 0.3 is 0 Å². The fourth-order valence-corrected chi connectivity index (χ4v) is 3.23. The average molecular weight is 330 g/mol. The Morgan fingerprint density at radius 2 is 2.17 bits per heavy atom. The van der Waals surface area contributed by atoms with E-state index in [0.29, 0.717) is 17.0 Å². The molecule has 0 amide bonds. The van der Waals surface area contributed by atoms with E-state index in [0.717, 1.165) is 29.2 Å². The number of rotatable bonds is 3. The smallest absolute Gasteiger partial charge is 0.147 e. The van der Waals surface area contributed by atoms with Gasteiger partial charge in [0.05, 0.1) is 6.10 Å². The van der Waals surface area contributed by atoms with E-state index in [-0.39, 0.29) is 5.92 Å². The highest BCUT2D eigenvalue weighted by atomic mass is 79.9. The van der Waals surface area contributed by atoms with Crippen molar-refractivity contribution in [2.24, 2.45) is 5.92 Å². The Morgan fingerprint density at radius 3 is 2.83 bits per heavy atom. The van der Waals surface area contributed by atoms with Gasteiger partial charge in [-0.1, -0.05) is 45.7 Å². The van der Waals surface area contributed by atoms with Crippen molar-refractivity contribution in [1.29, 1.82) is 0 Å². The molecule has 0 fully saturated rings. The van der Waals surface area contributed by atoms with Crippen LogP contribution in [0.4, 0.5) is 0 Å². The molecular weight excluding hydrogens is 316 g/mol. The van der Waals surface area contributed by atoms with E-state index in [1.165, 1.54) is 0 Å². The molecule has 0 unspecified atom stereocenters. The Hall–Kier alpha value is -0.640. The van der Waals surface area contributed by atoms with Crippen LogP contribution in [0.3, 0.4) is 0 Å². The topological polar surface area (TPSA) is 37.3 Å². The molecule has 2 rings (SSSR count). The van der Waals surface area contributed by atoms with Gasteiger partial charge in [-0.2, -0.15) is 0 Å². The van der Waals surface area contributed by atoms with E-state index >= 15 is 0 Å². The zero-order chi connectivity index (χ0) is 13.1. The van der Waals surface area contributed by atoms with Gasteiger partial charge < -0.3 is 5.11 Å². The van der Waals surface area contributed by atoms with Crippen LogP contribution in [0.5, 0.6) is 0 Å². The van der Waals surface area contributed by atoms with Gasteiger partial charge in [-0.15, -0.1) is 0 Å². The minimum absolute atomic E-state index is 0.181. The molecule has 2 atom stereocenters. The average Bonchev–Trinajstić information content (AvgIpc) is 2.39. The lowest BCUT2D eigenvalue weighted by molar-refractivity contribution is -0.105. The van der Waals surface area contributed by atoms with E-state index in [1.807, 2.05) is 24.3 Å². The van der Waals surface area contributed by atoms with Crippen molar-refractivity contribution in [3.05, 3.63) is 44.9 Å². The second-order valence-electron chi connectivity index (χ2n) is 4.46. The van der Waals surface area contributed by atoms with Crippen LogP contribution >= 0.6 is 27.5 Å². The molecule has 0 radical (unpaired) electrons. The molecule has 0 aromatic heterocycles. The SMILES string of the molecule is O=CC1=C(Cl)[C@H]([C@H](O)c2ccccc2Br)CCC1. The van der Waals surface area contributed by atoms with E-state index in [2.05, 4.69) is 15.9 Å². The van der Waals surface area contributed by atoms with Crippen molar-refractivity contribution >= 4 is 33.8 Å². The van der Waals surface area contributed by atoms with Crippen molar-refractivity contribution in [3.8, 4) is 0 Å². The van der Waals surface area contributed by atoms with E-state index in [4.69, 9.17) is 11.6 Å². The third-order valence-electron chi connectivity index (χ3n) is 3.34. The first-order valence-corrected chi connectivity index (χ1v) is 7.08. The van der Waals surface area contributed by atoms with Gasteiger partial charge in [0.2, 0.25) is 0 Å². The number of carbonyl (C=O) groups excluding carboxylic acids is 1. The molecule has 2 nitrogen and oxygen atoms in total. The number of benzene rings is 1. The Morgan fingerprint density at radius 1 is 1.44 bits per heavy atom. The zero-order valence-corrected chi connectivity index (χ0v) is 12.1. The normalized spacial score (nSPS) is 21.8. The number of aldehydes is 1. The molecule has 0 saturated heterocycles. The van der Waals surface area contributed by atoms with E-state index < -0.39 is 6.10 Å². The summed E-state index contributed by atoms with van der Waals surface area (Å²) in [5.41, 5.74) is 1.44. The van der Waals surface area contributed by atoms with Crippen LogP contribution in [0.25, 0.3) is 0 Å². The highest BCUT2D eigenvalue weighted by Crippen LogP contribution is 2.41. The third kappa shape index (κ3) is 2.68. The molecule has 0 spiro atoms. The molecule has 0 aliphatic heterocycles. The maximum Gasteiger partial charge on any atom is 0.147 e. The number of aliphatic hydroxyl groups is 1. The van der Waals surface area contributed by atoms with Gasteiger partial charge in [0.25, 0.3) is 0 Å². The van der Waals surface area contributed by atoms with Crippen molar-refractivity contribution < 1.29 is 9.90 Å². The third-order valence-corrected chi connectivity index (χ3v) is 4.59. The maximum absolute atomic E-state index is 10.9. The Balaban J connectivity index is 2.32. The van der Waals surface area contributed by atoms with Crippen LogP contribution < -0.4 is 0 Å². The Bertz CT molecular complexity index is 484. The summed E-state index contributed by atoms with van der Waals surface area (Å²) in [6, 6.07) is 7.54. The fourth-order valence-electron chi connectivity index (χ4n) is 2.34. The molecule has 1 N–H and O–H groups in total. The summed E-state index contributed by atoms with van der Waals surface area (Å²) >= 11 is 9.65. The van der Waals surface area contributed by atoms with Crippen molar-refractivity contribution in [3.63, 3.8) is 0 Å². The lowest BCUT2D eigenvalue weighted by Crippen LogP contribution is -2.18. The zero-order valence-electron chi connectivity index (χ0n) is 9.77. The summed E-state index contributed by atoms with van der Waals surface area (Å²) < 4.78 is 0.861. The Labute approximate surface area is 120 Å². The standard InChI is InChI=1S/C14H14BrClO2/c15-12-7-2-1-5-10(12)14(18)11-6-3-4-9(8-17)13(11)16/h1-2,5,7-8,11,14,18H,3-4,6H2/t11-,14-/m1/s1. The second-order valence-corrected chi connectivity index (χ2v) is 5.72. The summed E-state index contributed by atoms with van der Waals surface area (Å²) in [7, 11) is 0. The molecule has 1 aromatic carbocycles. The molecule has 18 heavy (non-hydrogen) atoms. The molecule has 1 aliphatic rings. The Kier molecular flexibility index (Phi) is 4.60. The number of hydrogen-bond acceptors (Lipinski definition) is 2. The first kappa shape index (κ1) is 13.8. The van der Waals surface area contributed by atoms with Crippen molar-refractivity contribution in [1.82, 2.24) is 0 Å². The fraction of sp³-hybridized carbons (Fsp3) is 0.357. The quantitative estimate of drug-likeness (QED) is 0.852. The molecule has 0 saturated carbocycles. The van der Waals surface area contributed by atoms with Gasteiger partial charge in [0, 0.05) is 21.0 Å². The highest BCUT2D eigenvalue weighted by Gasteiger charge is 2.29. The van der Waals surface area contributed by atoms with Gasteiger partial charge in [-0.3, -0.25) is 4.79 Å². The van der Waals surface area contributed by atoms with Gasteiger partial charge in [0.1, 0.15) is 6.29 Å². The first-order chi connectivity index (χ1) is 8.65. The summed E-state index contributed by atoms with van der Waals surface area (Å²) in [5.74, 6) is -0.181. The van der Waals surface area contributed by atoms with Crippen LogP contribution in [-0.4, -0.2) is 11.4 Å². The summed E-state index contributed by atoms with van der Waals surface area (Å²) in [5, 5.41) is 11.0. The largest absolute Gasteiger partial charge is 0.388 e. The summed E-state index contributed by atoms with van der Waals surface area (Å²) in [6.45, 7) is 0. The van der Waals surface area contributed by atoms with Crippen LogP contribution in [-0.2, 0) is 4.79 Å². The number of hydrogen-bond donors (Lipinski definition) is 1. The van der Waals surface area contributed by atoms with E-state index in [9.17, 15) is 9.90 Å². The highest BCUT2D eigenvalue weighted by molar-refractivity contribution is 9.10. The number of allylic oxidation sites excluding steroid dienone is 1. The maximum atomic E-state index is 10.9. The summed E-state index contributed by atoms with van der Waals surface area (Å²) in [4.78, 5) is 10.9. The number of halogens is 2. The van der Waals surface area contributed by atoms with Gasteiger partial charge in [0.15, 0.2) is 0 Å². The molecule has 1 aliphatic carbocycles. The van der Waals surface area contributed by atoms with Gasteiger partial charge in [-0.05, 0) is 30.9 Å². The lowest BCUT2D eigenvalue weighted by atomic mass is 9.84. The number of carbonyl (C=O) groups is 1. The molecular formula is C14H14BrClO2. The van der Waals surface area contributed by atoms with Crippen molar-refractivity contribution in [2.45, 2.75) is 25.4 Å². The van der Waals surface area contributed by atoms with Crippen LogP contribution in [0.1, 0.15) is 30.9 Å². The molecule has 4 heteroatoms. The first-order valence-electron chi connectivity index (χ1n) is 5.91. The van der Waals surface area contributed by atoms with E-state index in [1.54, 1.807) is 0 Å². The van der Waals surface area contributed by atoms with Crippen LogP contribution in [0, 0.1) is 5.92 Å².